The Morgan fingerprint density at radius 2 is 1.45 bits per heavy atom. The summed E-state index contributed by atoms with van der Waals surface area (Å²) in [5.41, 5.74) is 0.689. The Kier molecular flexibility index (Phi) is 5.17. The Labute approximate surface area is 136 Å². The maximum Gasteiger partial charge on any atom is 0.196 e. The minimum absolute atomic E-state index is 0.112. The van der Waals surface area contributed by atoms with Crippen LogP contribution in [0.25, 0.3) is 0 Å². The monoisotopic (exact) mass is 356 g/mol. The molecule has 0 saturated heterocycles. The van der Waals surface area contributed by atoms with Crippen LogP contribution >= 0.6 is 15.9 Å². The van der Waals surface area contributed by atoms with E-state index in [0.717, 1.165) is 10.5 Å². The van der Waals surface area contributed by atoms with Crippen LogP contribution in [-0.2, 0) is 4.79 Å². The number of carbonyl (C=O) groups is 3. The van der Waals surface area contributed by atoms with Crippen LogP contribution in [0.1, 0.15) is 27.6 Å². The lowest BCUT2D eigenvalue weighted by Gasteiger charge is -2.03. The molecule has 2 aromatic rings. The van der Waals surface area contributed by atoms with Gasteiger partial charge in [-0.15, -0.1) is 0 Å². The first-order chi connectivity index (χ1) is 10.5. The summed E-state index contributed by atoms with van der Waals surface area (Å²) in [7, 11) is 0. The maximum absolute atomic E-state index is 12.4. The lowest BCUT2D eigenvalue weighted by Crippen LogP contribution is -2.12. The van der Waals surface area contributed by atoms with Crippen molar-refractivity contribution < 1.29 is 14.4 Å². The molecule has 0 bridgehead atoms. The lowest BCUT2D eigenvalue weighted by atomic mass is 9.98. The summed E-state index contributed by atoms with van der Waals surface area (Å²) in [5.74, 6) is -1.25. The Morgan fingerprint density at radius 3 is 2.00 bits per heavy atom. The van der Waals surface area contributed by atoms with Crippen LogP contribution in [0.5, 0.6) is 0 Å². The highest BCUT2D eigenvalue weighted by atomic mass is 79.9. The van der Waals surface area contributed by atoms with E-state index in [-0.39, 0.29) is 11.4 Å². The average Bonchev–Trinajstić information content (AvgIpc) is 2.53. The summed E-state index contributed by atoms with van der Waals surface area (Å²) in [4.78, 5) is 36.3. The van der Waals surface area contributed by atoms with Crippen LogP contribution in [-0.4, -0.2) is 17.3 Å². The van der Waals surface area contributed by atoms with E-state index in [4.69, 9.17) is 0 Å². The molecule has 0 radical (unpaired) electrons. The highest BCUT2D eigenvalue weighted by Gasteiger charge is 2.18. The Bertz CT molecular complexity index is 744. The third-order valence-corrected chi connectivity index (χ3v) is 3.59. The van der Waals surface area contributed by atoms with Gasteiger partial charge < -0.3 is 0 Å². The van der Waals surface area contributed by atoms with Crippen molar-refractivity contribution >= 4 is 33.3 Å². The van der Waals surface area contributed by atoms with E-state index in [0.29, 0.717) is 11.1 Å². The molecule has 4 heteroatoms. The number of allylic oxidation sites excluding steroid dienone is 2. The van der Waals surface area contributed by atoms with Gasteiger partial charge in [-0.05, 0) is 31.2 Å². The van der Waals surface area contributed by atoms with Crippen LogP contribution in [0.15, 0.2) is 70.7 Å². The van der Waals surface area contributed by atoms with Crippen molar-refractivity contribution in [1.82, 2.24) is 0 Å². The lowest BCUT2D eigenvalue weighted by molar-refractivity contribution is -0.113. The number of hydrogen-bond donors (Lipinski definition) is 0. The number of rotatable bonds is 5. The van der Waals surface area contributed by atoms with Crippen molar-refractivity contribution in [2.75, 3.05) is 0 Å². The van der Waals surface area contributed by atoms with Gasteiger partial charge in [0.1, 0.15) is 0 Å². The molecule has 0 N–H and O–H groups in total. The summed E-state index contributed by atoms with van der Waals surface area (Å²) in [6.07, 6.45) is 1.11. The van der Waals surface area contributed by atoms with Gasteiger partial charge in [-0.2, -0.15) is 0 Å². The molecule has 0 aromatic heterocycles. The van der Waals surface area contributed by atoms with E-state index in [1.165, 1.54) is 6.92 Å². The van der Waals surface area contributed by atoms with Gasteiger partial charge in [0.25, 0.3) is 0 Å². The average molecular weight is 357 g/mol. The van der Waals surface area contributed by atoms with Crippen molar-refractivity contribution in [1.29, 1.82) is 0 Å². The van der Waals surface area contributed by atoms with E-state index >= 15 is 0 Å². The fourth-order valence-electron chi connectivity index (χ4n) is 1.90. The second-order valence-electron chi connectivity index (χ2n) is 4.68. The molecule has 0 unspecified atom stereocenters. The molecule has 0 aliphatic carbocycles. The first kappa shape index (κ1) is 16.0. The number of halogens is 1. The van der Waals surface area contributed by atoms with Gasteiger partial charge in [0.15, 0.2) is 17.3 Å². The van der Waals surface area contributed by atoms with Crippen molar-refractivity contribution in [3.05, 3.63) is 81.8 Å². The number of ketones is 3. The zero-order chi connectivity index (χ0) is 16.1. The quantitative estimate of drug-likeness (QED) is 0.351. The molecule has 0 aliphatic rings. The second-order valence-corrected chi connectivity index (χ2v) is 5.60. The molecule has 2 rings (SSSR count). The van der Waals surface area contributed by atoms with Crippen LogP contribution in [0.4, 0.5) is 0 Å². The Morgan fingerprint density at radius 1 is 0.864 bits per heavy atom. The van der Waals surface area contributed by atoms with Gasteiger partial charge in [0.2, 0.25) is 0 Å². The number of hydrogen-bond acceptors (Lipinski definition) is 3. The molecular formula is C18H13BrO3. The highest BCUT2D eigenvalue weighted by molar-refractivity contribution is 9.10. The minimum Gasteiger partial charge on any atom is -0.294 e. The van der Waals surface area contributed by atoms with Crippen LogP contribution in [0, 0.1) is 0 Å². The van der Waals surface area contributed by atoms with E-state index < -0.39 is 11.6 Å². The first-order valence-corrected chi connectivity index (χ1v) is 7.40. The van der Waals surface area contributed by atoms with Crippen molar-refractivity contribution in [3.63, 3.8) is 0 Å². The van der Waals surface area contributed by atoms with Crippen molar-refractivity contribution in [2.24, 2.45) is 0 Å². The predicted octanol–water partition coefficient (Wildman–Crippen LogP) is 4.03. The van der Waals surface area contributed by atoms with E-state index in [2.05, 4.69) is 15.9 Å². The molecule has 0 amide bonds. The summed E-state index contributed by atoms with van der Waals surface area (Å²) >= 11 is 3.29. The topological polar surface area (TPSA) is 51.2 Å². The molecule has 0 fully saturated rings. The SMILES string of the molecule is CC(=O)/C(=C/C(=O)c1ccc(Br)cc1)C(=O)c1ccccc1. The zero-order valence-corrected chi connectivity index (χ0v) is 13.5. The molecule has 3 nitrogen and oxygen atoms in total. The third kappa shape index (κ3) is 3.86. The number of carbonyl (C=O) groups excluding carboxylic acids is 3. The Balaban J connectivity index is 2.35. The normalized spacial score (nSPS) is 11.1. The molecule has 110 valence electrons. The molecule has 0 saturated carbocycles. The zero-order valence-electron chi connectivity index (χ0n) is 11.9. The predicted molar refractivity (Wildman–Crippen MR) is 88.0 cm³/mol. The van der Waals surface area contributed by atoms with E-state index in [9.17, 15) is 14.4 Å². The van der Waals surface area contributed by atoms with Gasteiger partial charge >= 0.3 is 0 Å². The standard InChI is InChI=1S/C18H13BrO3/c1-12(20)16(18(22)14-5-3-2-4-6-14)11-17(21)13-7-9-15(19)10-8-13/h2-11H,1H3/b16-11-. The van der Waals surface area contributed by atoms with E-state index in [1.54, 1.807) is 54.6 Å². The summed E-state index contributed by atoms with van der Waals surface area (Å²) in [6.45, 7) is 1.28. The first-order valence-electron chi connectivity index (χ1n) is 6.61. The van der Waals surface area contributed by atoms with Crippen molar-refractivity contribution in [3.8, 4) is 0 Å². The van der Waals surface area contributed by atoms with Gasteiger partial charge in [0.05, 0.1) is 5.57 Å². The fraction of sp³-hybridized carbons (Fsp3) is 0.0556. The number of benzene rings is 2. The molecule has 0 aliphatic heterocycles. The Hall–Kier alpha value is -2.33. The largest absolute Gasteiger partial charge is 0.294 e. The highest BCUT2D eigenvalue weighted by Crippen LogP contribution is 2.14. The van der Waals surface area contributed by atoms with E-state index in [1.807, 2.05) is 0 Å². The summed E-state index contributed by atoms with van der Waals surface area (Å²) in [6, 6.07) is 15.2. The molecule has 2 aromatic carbocycles. The summed E-state index contributed by atoms with van der Waals surface area (Å²) < 4.78 is 0.847. The third-order valence-electron chi connectivity index (χ3n) is 3.06. The molecule has 0 atom stereocenters. The van der Waals surface area contributed by atoms with Crippen LogP contribution < -0.4 is 0 Å². The van der Waals surface area contributed by atoms with Gasteiger partial charge in [-0.25, -0.2) is 0 Å². The van der Waals surface area contributed by atoms with Crippen molar-refractivity contribution in [2.45, 2.75) is 6.92 Å². The smallest absolute Gasteiger partial charge is 0.196 e. The molecular weight excluding hydrogens is 344 g/mol. The fourth-order valence-corrected chi connectivity index (χ4v) is 2.17. The molecule has 0 spiro atoms. The van der Waals surface area contributed by atoms with Crippen LogP contribution in [0.2, 0.25) is 0 Å². The molecule has 22 heavy (non-hydrogen) atoms. The second kappa shape index (κ2) is 7.09. The maximum atomic E-state index is 12.4. The van der Waals surface area contributed by atoms with Crippen LogP contribution in [0.3, 0.4) is 0 Å². The summed E-state index contributed by atoms with van der Waals surface area (Å²) in [5, 5.41) is 0. The van der Waals surface area contributed by atoms with Gasteiger partial charge in [-0.3, -0.25) is 14.4 Å². The number of Topliss-reactive ketones (excluding diaryl/α,β-unsaturated/α-hetero) is 2. The molecule has 0 heterocycles. The van der Waals surface area contributed by atoms with Gasteiger partial charge in [0, 0.05) is 21.7 Å². The van der Waals surface area contributed by atoms with Gasteiger partial charge in [-0.1, -0.05) is 46.3 Å². The minimum atomic E-state index is -0.446.